The molecule has 3 atom stereocenters. The van der Waals surface area contributed by atoms with Crippen LogP contribution in [0.2, 0.25) is 0 Å². The monoisotopic (exact) mass is 667 g/mol. The van der Waals surface area contributed by atoms with E-state index in [2.05, 4.69) is 54.8 Å². The zero-order valence-corrected chi connectivity index (χ0v) is 29.4. The van der Waals surface area contributed by atoms with Gasteiger partial charge in [-0.3, -0.25) is 19.1 Å². The number of para-hydroxylation sites is 1. The van der Waals surface area contributed by atoms with Gasteiger partial charge >= 0.3 is 5.69 Å². The first-order chi connectivity index (χ1) is 22.4. The van der Waals surface area contributed by atoms with E-state index in [-0.39, 0.29) is 47.2 Å². The van der Waals surface area contributed by atoms with Gasteiger partial charge in [0, 0.05) is 63.0 Å². The number of benzene rings is 1. The van der Waals surface area contributed by atoms with E-state index in [1.165, 1.54) is 17.8 Å². The van der Waals surface area contributed by atoms with Crippen LogP contribution in [0.15, 0.2) is 41.3 Å². The number of hydrogen-bond acceptors (Lipinski definition) is 7. The number of thioether (sulfide) groups is 1. The third-order valence-corrected chi connectivity index (χ3v) is 10.8. The van der Waals surface area contributed by atoms with Crippen LogP contribution in [0.5, 0.6) is 0 Å². The summed E-state index contributed by atoms with van der Waals surface area (Å²) in [6, 6.07) is 8.97. The number of halogens is 1. The topological polar surface area (TPSA) is 107 Å². The van der Waals surface area contributed by atoms with Gasteiger partial charge in [-0.15, -0.1) is 11.8 Å². The van der Waals surface area contributed by atoms with E-state index in [9.17, 15) is 14.4 Å². The molecule has 0 radical (unpaired) electrons. The minimum atomic E-state index is -0.556. The number of carbonyl (C=O) groups excluding carboxylic acids is 2. The molecule has 0 spiro atoms. The van der Waals surface area contributed by atoms with E-state index in [0.717, 1.165) is 24.0 Å². The molecule has 3 aromatic rings. The van der Waals surface area contributed by atoms with Crippen LogP contribution in [0.3, 0.4) is 0 Å². The molecule has 1 aromatic carbocycles. The number of H-pyrrole nitrogens is 1. The van der Waals surface area contributed by atoms with Gasteiger partial charge in [-0.1, -0.05) is 39.8 Å². The molecule has 5 rings (SSSR count). The number of amides is 2. The first-order valence-electron chi connectivity index (χ1n) is 17.0. The van der Waals surface area contributed by atoms with Crippen molar-refractivity contribution in [2.75, 3.05) is 44.2 Å². The number of anilines is 1. The predicted molar refractivity (Wildman–Crippen MR) is 187 cm³/mol. The lowest BCUT2D eigenvalue weighted by Gasteiger charge is -2.33. The normalized spacial score (nSPS) is 19.9. The number of pyridine rings is 1. The SMILES string of the molecule is CCN[C@H](C)CN(CC)c1c(F)cccc1[C@@H]1S[C@@H](CC(=O)N2CCC(n3c(=O)[nH]c4ncccc43)CC2)C(=O)N1CCC(C)(C)C. The Morgan fingerprint density at radius 1 is 1.17 bits per heavy atom. The van der Waals surface area contributed by atoms with Crippen LogP contribution in [-0.2, 0) is 9.59 Å². The summed E-state index contributed by atoms with van der Waals surface area (Å²) in [5.74, 6) is -0.429. The summed E-state index contributed by atoms with van der Waals surface area (Å²) in [5.41, 5.74) is 2.45. The Bertz CT molecular complexity index is 1610. The molecule has 10 nitrogen and oxygen atoms in total. The minimum Gasteiger partial charge on any atom is -0.368 e. The van der Waals surface area contributed by atoms with Gasteiger partial charge in [-0.2, -0.15) is 0 Å². The average Bonchev–Trinajstić information content (AvgIpc) is 3.53. The fourth-order valence-electron chi connectivity index (χ4n) is 6.82. The van der Waals surface area contributed by atoms with Crippen LogP contribution in [0.4, 0.5) is 10.1 Å². The largest absolute Gasteiger partial charge is 0.368 e. The molecule has 2 amide bonds. The number of rotatable bonds is 12. The highest BCUT2D eigenvalue weighted by Crippen LogP contribution is 2.48. The number of nitrogens with zero attached hydrogens (tertiary/aromatic N) is 5. The maximum atomic E-state index is 15.7. The van der Waals surface area contributed by atoms with Gasteiger partial charge in [0.25, 0.3) is 0 Å². The predicted octanol–water partition coefficient (Wildman–Crippen LogP) is 5.32. The fourth-order valence-corrected chi connectivity index (χ4v) is 8.31. The Balaban J connectivity index is 1.33. The summed E-state index contributed by atoms with van der Waals surface area (Å²) in [5, 5.41) is 2.47. The second-order valence-electron chi connectivity index (χ2n) is 14.0. The molecule has 2 aliphatic rings. The standard InChI is InChI=1S/C35H50FN7O3S/c1-7-37-23(3)22-40(8-2)30-25(11-9-12-26(30)36)33-42(20-16-35(4,5)6)32(45)28(47-33)21-29(44)41-18-14-24(15-19-41)43-27-13-10-17-38-31(27)39-34(43)46/h9-13,17,23-24,28,33,37H,7-8,14-16,18-22H2,1-6H3,(H,38,39,46)/t23-,28+,33+/m1/s1. The molecule has 2 aliphatic heterocycles. The number of likely N-dealkylation sites (N-methyl/N-ethyl adjacent to an activating group) is 2. The molecule has 2 aromatic heterocycles. The summed E-state index contributed by atoms with van der Waals surface area (Å²) in [4.78, 5) is 53.3. The number of fused-ring (bicyclic) bond motifs is 1. The number of hydrogen-bond donors (Lipinski definition) is 2. The number of likely N-dealkylation sites (tertiary alicyclic amines) is 1. The highest BCUT2D eigenvalue weighted by molar-refractivity contribution is 8.01. The molecule has 2 fully saturated rings. The summed E-state index contributed by atoms with van der Waals surface area (Å²) < 4.78 is 17.5. The van der Waals surface area contributed by atoms with Crippen molar-refractivity contribution < 1.29 is 14.0 Å². The summed E-state index contributed by atoms with van der Waals surface area (Å²) in [6.45, 7) is 16.2. The van der Waals surface area contributed by atoms with E-state index < -0.39 is 10.6 Å². The molecule has 12 heteroatoms. The molecule has 2 saturated heterocycles. The Kier molecular flexibility index (Phi) is 11.0. The van der Waals surface area contributed by atoms with E-state index >= 15 is 4.39 Å². The second kappa shape index (κ2) is 14.8. The molecular formula is C35H50FN7O3S. The maximum Gasteiger partial charge on any atom is 0.327 e. The lowest BCUT2D eigenvalue weighted by Crippen LogP contribution is -2.42. The van der Waals surface area contributed by atoms with Gasteiger partial charge < -0.3 is 20.0 Å². The zero-order chi connectivity index (χ0) is 33.9. The van der Waals surface area contributed by atoms with Crippen LogP contribution >= 0.6 is 11.8 Å². The van der Waals surface area contributed by atoms with Crippen molar-refractivity contribution in [1.29, 1.82) is 0 Å². The number of imidazole rings is 1. The third-order valence-electron chi connectivity index (χ3n) is 9.30. The van der Waals surface area contributed by atoms with Gasteiger partial charge in [0.15, 0.2) is 5.65 Å². The summed E-state index contributed by atoms with van der Waals surface area (Å²) >= 11 is 1.47. The Labute approximate surface area is 281 Å². The van der Waals surface area contributed by atoms with E-state index in [4.69, 9.17) is 0 Å². The zero-order valence-electron chi connectivity index (χ0n) is 28.6. The first kappa shape index (κ1) is 34.9. The Morgan fingerprint density at radius 2 is 1.91 bits per heavy atom. The van der Waals surface area contributed by atoms with Gasteiger partial charge in [-0.05, 0) is 63.3 Å². The quantitative estimate of drug-likeness (QED) is 0.269. The summed E-state index contributed by atoms with van der Waals surface area (Å²) in [6.07, 6.45) is 3.82. The van der Waals surface area contributed by atoms with E-state index in [1.807, 2.05) is 34.9 Å². The maximum absolute atomic E-state index is 15.7. The van der Waals surface area contributed by atoms with Crippen molar-refractivity contribution in [1.82, 2.24) is 29.7 Å². The number of aromatic nitrogens is 3. The second-order valence-corrected chi connectivity index (χ2v) is 15.3. The number of carbonyl (C=O) groups is 2. The van der Waals surface area contributed by atoms with Gasteiger partial charge in [0.05, 0.1) is 16.5 Å². The van der Waals surface area contributed by atoms with Gasteiger partial charge in [-0.25, -0.2) is 14.2 Å². The summed E-state index contributed by atoms with van der Waals surface area (Å²) in [7, 11) is 0. The fraction of sp³-hybridized carbons (Fsp3) is 0.600. The first-order valence-corrected chi connectivity index (χ1v) is 17.9. The molecule has 0 bridgehead atoms. The lowest BCUT2D eigenvalue weighted by molar-refractivity contribution is -0.136. The molecule has 0 aliphatic carbocycles. The highest BCUT2D eigenvalue weighted by atomic mass is 32.2. The molecule has 2 N–H and O–H groups in total. The van der Waals surface area contributed by atoms with Gasteiger partial charge in [0.2, 0.25) is 11.8 Å². The van der Waals surface area contributed by atoms with Crippen LogP contribution < -0.4 is 15.9 Å². The molecule has 47 heavy (non-hydrogen) atoms. The average molecular weight is 668 g/mol. The van der Waals surface area contributed by atoms with Crippen molar-refractivity contribution in [2.24, 2.45) is 5.41 Å². The third kappa shape index (κ3) is 7.85. The highest BCUT2D eigenvalue weighted by Gasteiger charge is 2.44. The Hall–Kier alpha value is -3.38. The molecule has 4 heterocycles. The number of nitrogens with one attached hydrogen (secondary N) is 2. The van der Waals surface area contributed by atoms with Crippen molar-refractivity contribution in [3.8, 4) is 0 Å². The van der Waals surface area contributed by atoms with E-state index in [1.54, 1.807) is 16.8 Å². The van der Waals surface area contributed by atoms with Crippen molar-refractivity contribution in [3.05, 3.63) is 58.4 Å². The molecule has 0 saturated carbocycles. The molecular weight excluding hydrogens is 617 g/mol. The molecule has 256 valence electrons. The van der Waals surface area contributed by atoms with Gasteiger partial charge in [0.1, 0.15) is 11.2 Å². The molecule has 0 unspecified atom stereocenters. The van der Waals surface area contributed by atoms with Crippen LogP contribution in [0.1, 0.15) is 84.2 Å². The Morgan fingerprint density at radius 3 is 2.60 bits per heavy atom. The number of piperidine rings is 1. The van der Waals surface area contributed by atoms with Crippen LogP contribution in [-0.4, -0.2) is 86.7 Å². The minimum absolute atomic E-state index is 0.00194. The lowest BCUT2D eigenvalue weighted by atomic mass is 9.92. The van der Waals surface area contributed by atoms with Crippen LogP contribution in [0.25, 0.3) is 11.2 Å². The van der Waals surface area contributed by atoms with Crippen molar-refractivity contribution in [2.45, 2.75) is 89.9 Å². The van der Waals surface area contributed by atoms with Crippen LogP contribution in [0, 0.1) is 11.2 Å². The number of aromatic amines is 1. The van der Waals surface area contributed by atoms with Crippen molar-refractivity contribution >= 4 is 40.4 Å². The smallest absolute Gasteiger partial charge is 0.327 e. The van der Waals surface area contributed by atoms with E-state index in [0.29, 0.717) is 56.9 Å². The van der Waals surface area contributed by atoms with Crippen molar-refractivity contribution in [3.63, 3.8) is 0 Å².